The molecule has 0 bridgehead atoms. The Balaban J connectivity index is 1.73. The van der Waals surface area contributed by atoms with Crippen molar-refractivity contribution in [1.29, 1.82) is 0 Å². The van der Waals surface area contributed by atoms with Gasteiger partial charge in [0.15, 0.2) is 11.5 Å². The molecule has 2 atom stereocenters. The Morgan fingerprint density at radius 3 is 2.56 bits per heavy atom. The molecule has 0 saturated carbocycles. The van der Waals surface area contributed by atoms with Crippen molar-refractivity contribution in [2.45, 2.75) is 39.1 Å². The van der Waals surface area contributed by atoms with Crippen LogP contribution in [-0.2, 0) is 11.3 Å². The number of amides is 2. The van der Waals surface area contributed by atoms with E-state index in [1.165, 1.54) is 33.3 Å². The molecule has 0 saturated heterocycles. The summed E-state index contributed by atoms with van der Waals surface area (Å²) in [5.74, 6) is 0.202. The van der Waals surface area contributed by atoms with Crippen molar-refractivity contribution in [2.24, 2.45) is 0 Å². The second kappa shape index (κ2) is 7.40. The van der Waals surface area contributed by atoms with Crippen molar-refractivity contribution in [3.05, 3.63) is 41.9 Å². The van der Waals surface area contributed by atoms with Crippen LogP contribution >= 0.6 is 0 Å². The first-order chi connectivity index (χ1) is 12.8. The summed E-state index contributed by atoms with van der Waals surface area (Å²) >= 11 is 0. The van der Waals surface area contributed by atoms with Gasteiger partial charge in [0, 0.05) is 19.8 Å². The second-order valence-electron chi connectivity index (χ2n) is 6.90. The van der Waals surface area contributed by atoms with Crippen LogP contribution in [0.5, 0.6) is 0 Å². The molecule has 2 N–H and O–H groups in total. The minimum atomic E-state index is -1.08. The first kappa shape index (κ1) is 18.9. The number of aliphatic hydroxyl groups excluding tert-OH is 1. The summed E-state index contributed by atoms with van der Waals surface area (Å²) in [6.45, 7) is 4.26. The molecule has 0 aliphatic carbocycles. The van der Waals surface area contributed by atoms with Crippen molar-refractivity contribution in [2.75, 3.05) is 24.3 Å². The van der Waals surface area contributed by atoms with Crippen LogP contribution in [0.4, 0.5) is 11.5 Å². The maximum Gasteiger partial charge on any atom is 0.277 e. The molecule has 144 valence electrons. The third-order valence-corrected chi connectivity index (χ3v) is 5.06. The zero-order chi connectivity index (χ0) is 19.7. The molecule has 2 unspecified atom stereocenters. The van der Waals surface area contributed by atoms with Crippen LogP contribution < -0.4 is 10.2 Å². The standard InChI is InChI=1S/C19H25N5O3/c1-5-12(2)13-6-8-14(9-7-13)21-15(25)10-24-11-20-17-16(24)18(26)23(4)19(27)22(17)3/h6-9,11-12,19,27H,5,10H2,1-4H3,(H,21,25). The van der Waals surface area contributed by atoms with Crippen LogP contribution in [-0.4, -0.2) is 51.8 Å². The number of benzene rings is 1. The summed E-state index contributed by atoms with van der Waals surface area (Å²) in [6.07, 6.45) is 1.42. The third-order valence-electron chi connectivity index (χ3n) is 5.06. The number of nitrogens with one attached hydrogen (secondary N) is 1. The maximum absolute atomic E-state index is 12.5. The highest BCUT2D eigenvalue weighted by Gasteiger charge is 2.36. The predicted molar refractivity (Wildman–Crippen MR) is 103 cm³/mol. The number of nitrogens with zero attached hydrogens (tertiary/aromatic N) is 4. The molecule has 8 heteroatoms. The quantitative estimate of drug-likeness (QED) is 0.837. The highest BCUT2D eigenvalue weighted by molar-refractivity contribution is 6.00. The van der Waals surface area contributed by atoms with Gasteiger partial charge in [-0.15, -0.1) is 0 Å². The van der Waals surface area contributed by atoms with Crippen LogP contribution in [0.15, 0.2) is 30.6 Å². The van der Waals surface area contributed by atoms with Gasteiger partial charge in [-0.05, 0) is 30.0 Å². The molecule has 27 heavy (non-hydrogen) atoms. The van der Waals surface area contributed by atoms with E-state index in [9.17, 15) is 14.7 Å². The van der Waals surface area contributed by atoms with E-state index < -0.39 is 6.35 Å². The lowest BCUT2D eigenvalue weighted by molar-refractivity contribution is -0.116. The smallest absolute Gasteiger partial charge is 0.277 e. The Labute approximate surface area is 158 Å². The summed E-state index contributed by atoms with van der Waals surface area (Å²) in [5.41, 5.74) is 2.22. The van der Waals surface area contributed by atoms with E-state index in [-0.39, 0.29) is 24.1 Å². The number of rotatable bonds is 5. The molecule has 0 spiro atoms. The van der Waals surface area contributed by atoms with Crippen molar-refractivity contribution >= 4 is 23.3 Å². The van der Waals surface area contributed by atoms with Gasteiger partial charge in [0.1, 0.15) is 6.54 Å². The molecule has 3 rings (SSSR count). The van der Waals surface area contributed by atoms with Crippen LogP contribution in [0.1, 0.15) is 42.2 Å². The molecule has 8 nitrogen and oxygen atoms in total. The van der Waals surface area contributed by atoms with Crippen LogP contribution in [0.25, 0.3) is 0 Å². The number of hydrogen-bond acceptors (Lipinski definition) is 5. The molecule has 2 amide bonds. The van der Waals surface area contributed by atoms with Crippen LogP contribution in [0, 0.1) is 0 Å². The number of anilines is 2. The van der Waals surface area contributed by atoms with E-state index in [1.54, 1.807) is 7.05 Å². The minimum Gasteiger partial charge on any atom is -0.356 e. The fourth-order valence-electron chi connectivity index (χ4n) is 3.10. The number of aromatic nitrogens is 2. The van der Waals surface area contributed by atoms with Gasteiger partial charge in [-0.1, -0.05) is 26.0 Å². The Bertz CT molecular complexity index is 846. The van der Waals surface area contributed by atoms with Gasteiger partial charge in [-0.25, -0.2) is 4.98 Å². The summed E-state index contributed by atoms with van der Waals surface area (Å²) in [7, 11) is 3.14. The van der Waals surface area contributed by atoms with Gasteiger partial charge < -0.3 is 19.9 Å². The number of carbonyl (C=O) groups is 2. The number of carbonyl (C=O) groups excluding carboxylic acids is 2. The first-order valence-corrected chi connectivity index (χ1v) is 8.96. The van der Waals surface area contributed by atoms with Gasteiger partial charge in [-0.3, -0.25) is 14.5 Å². The Hall–Kier alpha value is -2.87. The molecular formula is C19H25N5O3. The summed E-state index contributed by atoms with van der Waals surface area (Å²) in [5, 5.41) is 12.9. The van der Waals surface area contributed by atoms with E-state index in [0.29, 0.717) is 17.4 Å². The summed E-state index contributed by atoms with van der Waals surface area (Å²) in [4.78, 5) is 31.8. The monoisotopic (exact) mass is 371 g/mol. The van der Waals surface area contributed by atoms with Gasteiger partial charge in [0.2, 0.25) is 12.3 Å². The number of imidazole rings is 1. The first-order valence-electron chi connectivity index (χ1n) is 8.96. The Kier molecular flexibility index (Phi) is 5.18. The lowest BCUT2D eigenvalue weighted by atomic mass is 9.99. The lowest BCUT2D eigenvalue weighted by Crippen LogP contribution is -2.52. The van der Waals surface area contributed by atoms with E-state index in [1.807, 2.05) is 24.3 Å². The SMILES string of the molecule is CCC(C)c1ccc(NC(=O)Cn2cnc3c2C(=O)N(C)C(O)N3C)cc1. The van der Waals surface area contributed by atoms with Gasteiger partial charge >= 0.3 is 0 Å². The van der Waals surface area contributed by atoms with E-state index >= 15 is 0 Å². The molecule has 1 aromatic carbocycles. The number of hydrogen-bond donors (Lipinski definition) is 2. The Morgan fingerprint density at radius 2 is 1.93 bits per heavy atom. The molecule has 1 aliphatic heterocycles. The van der Waals surface area contributed by atoms with Crippen LogP contribution in [0.2, 0.25) is 0 Å². The van der Waals surface area contributed by atoms with Crippen molar-refractivity contribution in [1.82, 2.24) is 14.5 Å². The van der Waals surface area contributed by atoms with Crippen LogP contribution in [0.3, 0.4) is 0 Å². The van der Waals surface area contributed by atoms with Crippen molar-refractivity contribution < 1.29 is 14.7 Å². The summed E-state index contributed by atoms with van der Waals surface area (Å²) < 4.78 is 1.50. The number of aliphatic hydroxyl groups is 1. The van der Waals surface area contributed by atoms with E-state index in [0.717, 1.165) is 6.42 Å². The molecule has 0 fully saturated rings. The largest absolute Gasteiger partial charge is 0.356 e. The topological polar surface area (TPSA) is 90.7 Å². The zero-order valence-corrected chi connectivity index (χ0v) is 16.0. The highest BCUT2D eigenvalue weighted by Crippen LogP contribution is 2.27. The molecule has 0 radical (unpaired) electrons. The average molecular weight is 371 g/mol. The van der Waals surface area contributed by atoms with E-state index in [4.69, 9.17) is 0 Å². The van der Waals surface area contributed by atoms with E-state index in [2.05, 4.69) is 24.1 Å². The van der Waals surface area contributed by atoms with Gasteiger partial charge in [-0.2, -0.15) is 0 Å². The molecular weight excluding hydrogens is 346 g/mol. The second-order valence-corrected chi connectivity index (χ2v) is 6.90. The molecule has 2 aromatic rings. The normalized spacial score (nSPS) is 17.7. The zero-order valence-electron chi connectivity index (χ0n) is 16.0. The Morgan fingerprint density at radius 1 is 1.26 bits per heavy atom. The number of fused-ring (bicyclic) bond motifs is 1. The van der Waals surface area contributed by atoms with Crippen molar-refractivity contribution in [3.8, 4) is 0 Å². The third kappa shape index (κ3) is 3.52. The van der Waals surface area contributed by atoms with Gasteiger partial charge in [0.25, 0.3) is 5.91 Å². The van der Waals surface area contributed by atoms with Gasteiger partial charge in [0.05, 0.1) is 6.33 Å². The lowest BCUT2D eigenvalue weighted by Gasteiger charge is -2.36. The highest BCUT2D eigenvalue weighted by atomic mass is 16.3. The fourth-order valence-corrected chi connectivity index (χ4v) is 3.10. The maximum atomic E-state index is 12.5. The summed E-state index contributed by atoms with van der Waals surface area (Å²) in [6, 6.07) is 7.78. The molecule has 1 aromatic heterocycles. The fraction of sp³-hybridized carbons (Fsp3) is 0.421. The minimum absolute atomic E-state index is 0.0427. The predicted octanol–water partition coefficient (Wildman–Crippen LogP) is 1.83. The average Bonchev–Trinajstić information content (AvgIpc) is 3.08. The molecule has 2 heterocycles. The molecule has 1 aliphatic rings. The van der Waals surface area contributed by atoms with Crippen molar-refractivity contribution in [3.63, 3.8) is 0 Å².